The second-order valence-corrected chi connectivity index (χ2v) is 9.92. The second kappa shape index (κ2) is 12.9. The molecular formula is C27H36ClN5O3. The maximum Gasteiger partial charge on any atom is 0.351 e. The van der Waals surface area contributed by atoms with Crippen LogP contribution in [0.5, 0.6) is 5.88 Å². The topological polar surface area (TPSA) is 79.1 Å². The molecule has 194 valence electrons. The largest absolute Gasteiger partial charge is 0.493 e. The molecule has 2 aromatic heterocycles. The van der Waals surface area contributed by atoms with Gasteiger partial charge < -0.3 is 19.3 Å². The molecule has 3 aromatic rings. The van der Waals surface area contributed by atoms with Gasteiger partial charge in [0.1, 0.15) is 11.5 Å². The third-order valence-corrected chi connectivity index (χ3v) is 6.96. The molecule has 1 N–H and O–H groups in total. The van der Waals surface area contributed by atoms with E-state index in [2.05, 4.69) is 21.9 Å². The zero-order valence-electron chi connectivity index (χ0n) is 21.0. The average molecular weight is 514 g/mol. The fraction of sp³-hybridized carbons (Fsp3) is 0.481. The van der Waals surface area contributed by atoms with Gasteiger partial charge in [-0.2, -0.15) is 9.78 Å². The lowest BCUT2D eigenvalue weighted by molar-refractivity contribution is 0.152. The maximum absolute atomic E-state index is 12.6. The zero-order chi connectivity index (χ0) is 25.3. The quantitative estimate of drug-likeness (QED) is 0.279. The molecular weight excluding hydrogens is 478 g/mol. The minimum atomic E-state index is -0.361. The monoisotopic (exact) mass is 513 g/mol. The molecule has 0 saturated carbocycles. The predicted octanol–water partition coefficient (Wildman–Crippen LogP) is 4.74. The fourth-order valence-corrected chi connectivity index (χ4v) is 4.57. The first-order valence-electron chi connectivity index (χ1n) is 12.8. The van der Waals surface area contributed by atoms with E-state index in [1.54, 1.807) is 18.2 Å². The Morgan fingerprint density at radius 3 is 2.33 bits per heavy atom. The van der Waals surface area contributed by atoms with E-state index in [1.165, 1.54) is 69.0 Å². The standard InChI is InChI=1S/C27H36ClN5O3/c1-30-16-18-31(19-17-30)14-6-4-2-3-5-7-15-32-26(34)21-33(27(32)35)29-20-24-12-13-25(36-24)22-8-10-23(28)11-9-22/h8-13,20-21,34H,2-7,14-19H2,1H3. The molecule has 36 heavy (non-hydrogen) atoms. The molecule has 0 radical (unpaired) electrons. The summed E-state index contributed by atoms with van der Waals surface area (Å²) in [4.78, 5) is 17.6. The van der Waals surface area contributed by atoms with Gasteiger partial charge in [0, 0.05) is 43.3 Å². The lowest BCUT2D eigenvalue weighted by Gasteiger charge is -2.32. The highest BCUT2D eigenvalue weighted by Gasteiger charge is 2.13. The number of aromatic nitrogens is 2. The first-order valence-corrected chi connectivity index (χ1v) is 13.2. The van der Waals surface area contributed by atoms with Crippen LogP contribution in [0.15, 0.2) is 56.9 Å². The first kappa shape index (κ1) is 26.3. The SMILES string of the molecule is CN1CCN(CCCCCCCCn2c(O)cn(N=Cc3ccc(-c4ccc(Cl)cc4)o3)c2=O)CC1. The van der Waals surface area contributed by atoms with Crippen LogP contribution in [0.3, 0.4) is 0 Å². The number of furan rings is 1. The van der Waals surface area contributed by atoms with Gasteiger partial charge >= 0.3 is 5.69 Å². The molecule has 1 fully saturated rings. The highest BCUT2D eigenvalue weighted by Crippen LogP contribution is 2.23. The van der Waals surface area contributed by atoms with E-state index < -0.39 is 0 Å². The lowest BCUT2D eigenvalue weighted by Crippen LogP contribution is -2.44. The Kier molecular flexibility index (Phi) is 9.44. The summed E-state index contributed by atoms with van der Waals surface area (Å²) in [5.74, 6) is 1.11. The van der Waals surface area contributed by atoms with Crippen LogP contribution in [0.25, 0.3) is 11.3 Å². The summed E-state index contributed by atoms with van der Waals surface area (Å²) in [7, 11) is 2.19. The van der Waals surface area contributed by atoms with Crippen molar-refractivity contribution in [3.63, 3.8) is 0 Å². The van der Waals surface area contributed by atoms with Crippen LogP contribution in [0.4, 0.5) is 0 Å². The van der Waals surface area contributed by atoms with Gasteiger partial charge in [0.15, 0.2) is 0 Å². The maximum atomic E-state index is 12.6. The average Bonchev–Trinajstić information content (AvgIpc) is 3.45. The number of likely N-dealkylation sites (N-methyl/N-ethyl adjacent to an activating group) is 1. The summed E-state index contributed by atoms with van der Waals surface area (Å²) in [6.45, 7) is 6.40. The zero-order valence-corrected chi connectivity index (χ0v) is 21.7. The highest BCUT2D eigenvalue weighted by atomic mass is 35.5. The van der Waals surface area contributed by atoms with Crippen LogP contribution in [-0.4, -0.2) is 70.1 Å². The molecule has 0 atom stereocenters. The molecule has 0 unspecified atom stereocenters. The summed E-state index contributed by atoms with van der Waals surface area (Å²) in [5.41, 5.74) is 0.537. The Labute approximate surface area is 217 Å². The van der Waals surface area contributed by atoms with Crippen molar-refractivity contribution in [3.05, 3.63) is 63.9 Å². The first-order chi connectivity index (χ1) is 17.5. The van der Waals surface area contributed by atoms with Crippen molar-refractivity contribution in [2.24, 2.45) is 5.10 Å². The van der Waals surface area contributed by atoms with Gasteiger partial charge in [-0.3, -0.25) is 4.57 Å². The molecule has 1 aliphatic rings. The Balaban J connectivity index is 1.18. The summed E-state index contributed by atoms with van der Waals surface area (Å²) >= 11 is 5.94. The van der Waals surface area contributed by atoms with Crippen LogP contribution in [-0.2, 0) is 6.54 Å². The van der Waals surface area contributed by atoms with Crippen molar-refractivity contribution in [1.29, 1.82) is 0 Å². The van der Waals surface area contributed by atoms with Gasteiger partial charge in [-0.15, -0.1) is 0 Å². The van der Waals surface area contributed by atoms with Crippen molar-refractivity contribution in [1.82, 2.24) is 19.0 Å². The van der Waals surface area contributed by atoms with E-state index >= 15 is 0 Å². The molecule has 1 aromatic carbocycles. The molecule has 0 bridgehead atoms. The molecule has 1 saturated heterocycles. The molecule has 0 spiro atoms. The van der Waals surface area contributed by atoms with Crippen LogP contribution in [0.2, 0.25) is 5.02 Å². The molecule has 8 nitrogen and oxygen atoms in total. The Morgan fingerprint density at radius 2 is 1.61 bits per heavy atom. The van der Waals surface area contributed by atoms with Gasteiger partial charge in [-0.1, -0.05) is 37.3 Å². The van der Waals surface area contributed by atoms with E-state index in [-0.39, 0.29) is 11.6 Å². The summed E-state index contributed by atoms with van der Waals surface area (Å²) in [6.07, 6.45) is 9.54. The number of benzene rings is 1. The number of halogens is 1. The van der Waals surface area contributed by atoms with E-state index in [0.717, 1.165) is 29.5 Å². The number of hydrogen-bond acceptors (Lipinski definition) is 6. The number of rotatable bonds is 12. The second-order valence-electron chi connectivity index (χ2n) is 9.49. The lowest BCUT2D eigenvalue weighted by atomic mass is 10.1. The van der Waals surface area contributed by atoms with Gasteiger partial charge in [-0.25, -0.2) is 4.79 Å². The molecule has 3 heterocycles. The van der Waals surface area contributed by atoms with E-state index in [4.69, 9.17) is 16.0 Å². The number of piperazine rings is 1. The molecule has 9 heteroatoms. The Morgan fingerprint density at radius 1 is 0.944 bits per heavy atom. The Bertz CT molecular complexity index is 1170. The third kappa shape index (κ3) is 7.35. The predicted molar refractivity (Wildman–Crippen MR) is 144 cm³/mol. The third-order valence-electron chi connectivity index (χ3n) is 6.71. The number of hydrogen-bond donors (Lipinski definition) is 1. The van der Waals surface area contributed by atoms with Crippen LogP contribution in [0.1, 0.15) is 44.3 Å². The van der Waals surface area contributed by atoms with Crippen molar-refractivity contribution in [2.45, 2.75) is 45.1 Å². The number of nitrogens with zero attached hydrogens (tertiary/aromatic N) is 5. The fourth-order valence-electron chi connectivity index (χ4n) is 4.44. The normalized spacial score (nSPS) is 15.3. The van der Waals surface area contributed by atoms with Crippen molar-refractivity contribution >= 4 is 17.8 Å². The summed E-state index contributed by atoms with van der Waals surface area (Å²) < 4.78 is 8.29. The Hall–Kier alpha value is -2.81. The van der Waals surface area contributed by atoms with E-state index in [0.29, 0.717) is 23.1 Å². The van der Waals surface area contributed by atoms with Crippen molar-refractivity contribution in [2.75, 3.05) is 39.8 Å². The molecule has 0 aliphatic carbocycles. The molecule has 4 rings (SSSR count). The van der Waals surface area contributed by atoms with Crippen LogP contribution >= 0.6 is 11.6 Å². The number of unbranched alkanes of at least 4 members (excludes halogenated alkanes) is 5. The van der Waals surface area contributed by atoms with E-state index in [1.807, 2.05) is 18.2 Å². The van der Waals surface area contributed by atoms with Gasteiger partial charge in [-0.05, 0) is 62.8 Å². The van der Waals surface area contributed by atoms with Gasteiger partial charge in [0.05, 0.1) is 12.4 Å². The van der Waals surface area contributed by atoms with Crippen molar-refractivity contribution in [3.8, 4) is 17.2 Å². The molecule has 1 aliphatic heterocycles. The molecule has 0 amide bonds. The minimum Gasteiger partial charge on any atom is -0.493 e. The van der Waals surface area contributed by atoms with Crippen LogP contribution in [0, 0.1) is 0 Å². The number of imidazole rings is 1. The minimum absolute atomic E-state index is 0.0781. The summed E-state index contributed by atoms with van der Waals surface area (Å²) in [5, 5.41) is 15.1. The van der Waals surface area contributed by atoms with Gasteiger partial charge in [0.2, 0.25) is 5.88 Å². The number of aromatic hydroxyl groups is 1. The smallest absolute Gasteiger partial charge is 0.351 e. The van der Waals surface area contributed by atoms with Crippen LogP contribution < -0.4 is 5.69 Å². The highest BCUT2D eigenvalue weighted by molar-refractivity contribution is 6.30. The van der Waals surface area contributed by atoms with E-state index in [9.17, 15) is 9.90 Å². The summed E-state index contributed by atoms with van der Waals surface area (Å²) in [6, 6.07) is 11.0. The van der Waals surface area contributed by atoms with Gasteiger partial charge in [0.25, 0.3) is 0 Å². The van der Waals surface area contributed by atoms with Crippen molar-refractivity contribution < 1.29 is 9.52 Å².